The molecule has 0 spiro atoms. The van der Waals surface area contributed by atoms with Crippen LogP contribution in [0.25, 0.3) is 0 Å². The van der Waals surface area contributed by atoms with Crippen LogP contribution in [0, 0.1) is 0 Å². The standard InChI is InChI=1S/C15H24N2O2S/c1-3-6-13-15(18)17(8-4-5-9-19-2)14(16-13)12-7-10-20-11-12/h7,10-11,13-14,16H,3-6,8-9H2,1-2H3. The minimum absolute atomic E-state index is 0.0210. The summed E-state index contributed by atoms with van der Waals surface area (Å²) in [4.78, 5) is 14.5. The number of amides is 1. The summed E-state index contributed by atoms with van der Waals surface area (Å²) in [7, 11) is 1.72. The predicted octanol–water partition coefficient (Wildman–Crippen LogP) is 2.77. The molecule has 112 valence electrons. The monoisotopic (exact) mass is 296 g/mol. The topological polar surface area (TPSA) is 41.6 Å². The van der Waals surface area contributed by atoms with Crippen molar-refractivity contribution in [2.75, 3.05) is 20.3 Å². The van der Waals surface area contributed by atoms with E-state index in [0.29, 0.717) is 0 Å². The van der Waals surface area contributed by atoms with Crippen LogP contribution in [0.4, 0.5) is 0 Å². The van der Waals surface area contributed by atoms with Gasteiger partial charge in [0.05, 0.1) is 6.04 Å². The van der Waals surface area contributed by atoms with E-state index in [1.807, 2.05) is 4.90 Å². The number of unbranched alkanes of at least 4 members (excludes halogenated alkanes) is 1. The van der Waals surface area contributed by atoms with Gasteiger partial charge in [0.15, 0.2) is 0 Å². The van der Waals surface area contributed by atoms with Crippen LogP contribution in [0.1, 0.15) is 44.3 Å². The molecule has 0 aliphatic carbocycles. The lowest BCUT2D eigenvalue weighted by atomic mass is 10.1. The van der Waals surface area contributed by atoms with Crippen LogP contribution in [0.5, 0.6) is 0 Å². The van der Waals surface area contributed by atoms with Crippen molar-refractivity contribution >= 4 is 17.2 Å². The summed E-state index contributed by atoms with van der Waals surface area (Å²) in [6.45, 7) is 3.68. The van der Waals surface area contributed by atoms with Crippen LogP contribution < -0.4 is 5.32 Å². The second-order valence-corrected chi connectivity index (χ2v) is 5.98. The molecule has 0 saturated carbocycles. The summed E-state index contributed by atoms with van der Waals surface area (Å²) in [6, 6.07) is 2.08. The fourth-order valence-electron chi connectivity index (χ4n) is 2.65. The number of ether oxygens (including phenoxy) is 1. The Kier molecular flexibility index (Phi) is 6.01. The normalized spacial score (nSPS) is 22.7. The Morgan fingerprint density at radius 2 is 2.30 bits per heavy atom. The molecule has 1 saturated heterocycles. The van der Waals surface area contributed by atoms with E-state index in [1.54, 1.807) is 18.4 Å². The van der Waals surface area contributed by atoms with Gasteiger partial charge in [-0.15, -0.1) is 0 Å². The average molecular weight is 296 g/mol. The van der Waals surface area contributed by atoms with Crippen molar-refractivity contribution < 1.29 is 9.53 Å². The molecule has 0 bridgehead atoms. The number of hydrogen-bond donors (Lipinski definition) is 1. The van der Waals surface area contributed by atoms with Crippen molar-refractivity contribution in [1.82, 2.24) is 10.2 Å². The number of thiophene rings is 1. The highest BCUT2D eigenvalue weighted by Gasteiger charge is 2.38. The van der Waals surface area contributed by atoms with Gasteiger partial charge in [0, 0.05) is 20.3 Å². The third-order valence-corrected chi connectivity index (χ3v) is 4.39. The Bertz CT molecular complexity index is 408. The summed E-state index contributed by atoms with van der Waals surface area (Å²) < 4.78 is 5.07. The lowest BCUT2D eigenvalue weighted by molar-refractivity contribution is -0.130. The summed E-state index contributed by atoms with van der Waals surface area (Å²) in [5.41, 5.74) is 1.20. The van der Waals surface area contributed by atoms with E-state index in [2.05, 4.69) is 29.1 Å². The summed E-state index contributed by atoms with van der Waals surface area (Å²) in [6.07, 6.45) is 3.97. The summed E-state index contributed by atoms with van der Waals surface area (Å²) in [5.74, 6) is 0.250. The lowest BCUT2D eigenvalue weighted by Crippen LogP contribution is -2.32. The third-order valence-electron chi connectivity index (χ3n) is 3.69. The van der Waals surface area contributed by atoms with Gasteiger partial charge in [0.2, 0.25) is 5.91 Å². The molecule has 4 nitrogen and oxygen atoms in total. The van der Waals surface area contributed by atoms with Crippen molar-refractivity contribution in [2.45, 2.75) is 44.8 Å². The number of nitrogens with zero attached hydrogens (tertiary/aromatic N) is 1. The van der Waals surface area contributed by atoms with Crippen molar-refractivity contribution in [2.24, 2.45) is 0 Å². The van der Waals surface area contributed by atoms with Gasteiger partial charge >= 0.3 is 0 Å². The molecule has 1 aliphatic heterocycles. The molecule has 2 rings (SSSR count). The van der Waals surface area contributed by atoms with Gasteiger partial charge in [-0.05, 0) is 41.7 Å². The predicted molar refractivity (Wildman–Crippen MR) is 81.7 cm³/mol. The second-order valence-electron chi connectivity index (χ2n) is 5.20. The Balaban J connectivity index is 2.01. The molecule has 2 unspecified atom stereocenters. The highest BCUT2D eigenvalue weighted by atomic mass is 32.1. The van der Waals surface area contributed by atoms with E-state index in [1.165, 1.54) is 5.56 Å². The lowest BCUT2D eigenvalue weighted by Gasteiger charge is -2.23. The molecule has 0 aromatic carbocycles. The van der Waals surface area contributed by atoms with Crippen molar-refractivity contribution in [3.8, 4) is 0 Å². The van der Waals surface area contributed by atoms with E-state index < -0.39 is 0 Å². The first-order valence-corrected chi connectivity index (χ1v) is 8.29. The molecule has 1 aliphatic rings. The Labute approximate surface area is 125 Å². The molecule has 5 heteroatoms. The zero-order valence-electron chi connectivity index (χ0n) is 12.3. The van der Waals surface area contributed by atoms with Crippen LogP contribution in [0.15, 0.2) is 16.8 Å². The molecule has 2 atom stereocenters. The number of rotatable bonds is 8. The maximum absolute atomic E-state index is 12.5. The van der Waals surface area contributed by atoms with E-state index in [9.17, 15) is 4.79 Å². The van der Waals surface area contributed by atoms with E-state index in [0.717, 1.165) is 38.8 Å². The van der Waals surface area contributed by atoms with Gasteiger partial charge < -0.3 is 9.64 Å². The first-order chi connectivity index (χ1) is 9.77. The Morgan fingerprint density at radius 1 is 1.45 bits per heavy atom. The highest BCUT2D eigenvalue weighted by molar-refractivity contribution is 7.07. The van der Waals surface area contributed by atoms with Gasteiger partial charge in [-0.2, -0.15) is 11.3 Å². The molecule has 0 radical (unpaired) electrons. The maximum Gasteiger partial charge on any atom is 0.241 e. The SMILES string of the molecule is CCCC1NC(c2ccsc2)N(CCCCOC)C1=O. The quantitative estimate of drug-likeness (QED) is 0.750. The number of nitrogens with one attached hydrogen (secondary N) is 1. The Morgan fingerprint density at radius 3 is 2.95 bits per heavy atom. The first-order valence-electron chi connectivity index (χ1n) is 7.35. The zero-order valence-corrected chi connectivity index (χ0v) is 13.1. The van der Waals surface area contributed by atoms with E-state index in [4.69, 9.17) is 4.74 Å². The molecule has 1 fully saturated rings. The smallest absolute Gasteiger partial charge is 0.241 e. The van der Waals surface area contributed by atoms with Crippen molar-refractivity contribution in [3.05, 3.63) is 22.4 Å². The Hall–Kier alpha value is -0.910. The van der Waals surface area contributed by atoms with Crippen molar-refractivity contribution in [3.63, 3.8) is 0 Å². The van der Waals surface area contributed by atoms with Gasteiger partial charge in [0.1, 0.15) is 6.17 Å². The van der Waals surface area contributed by atoms with E-state index in [-0.39, 0.29) is 18.1 Å². The molecule has 1 aromatic heterocycles. The minimum Gasteiger partial charge on any atom is -0.385 e. The first kappa shape index (κ1) is 15.5. The van der Waals surface area contributed by atoms with Gasteiger partial charge in [-0.25, -0.2) is 0 Å². The third kappa shape index (κ3) is 3.59. The fourth-order valence-corrected chi connectivity index (χ4v) is 3.33. The maximum atomic E-state index is 12.5. The number of hydrogen-bond acceptors (Lipinski definition) is 4. The van der Waals surface area contributed by atoms with Gasteiger partial charge in [0.25, 0.3) is 0 Å². The number of methoxy groups -OCH3 is 1. The van der Waals surface area contributed by atoms with Crippen LogP contribution >= 0.6 is 11.3 Å². The molecular weight excluding hydrogens is 272 g/mol. The zero-order chi connectivity index (χ0) is 14.4. The second kappa shape index (κ2) is 7.76. The largest absolute Gasteiger partial charge is 0.385 e. The van der Waals surface area contributed by atoms with E-state index >= 15 is 0 Å². The van der Waals surface area contributed by atoms with Gasteiger partial charge in [-0.1, -0.05) is 13.3 Å². The molecular formula is C15H24N2O2S. The average Bonchev–Trinajstić information content (AvgIpc) is 3.06. The number of carbonyl (C=O) groups is 1. The molecule has 1 aromatic rings. The summed E-state index contributed by atoms with van der Waals surface area (Å²) >= 11 is 1.68. The highest BCUT2D eigenvalue weighted by Crippen LogP contribution is 2.28. The molecule has 1 N–H and O–H groups in total. The van der Waals surface area contributed by atoms with Crippen LogP contribution in [0.3, 0.4) is 0 Å². The van der Waals surface area contributed by atoms with Crippen LogP contribution in [-0.4, -0.2) is 37.1 Å². The minimum atomic E-state index is -0.0210. The van der Waals surface area contributed by atoms with Gasteiger partial charge in [-0.3, -0.25) is 10.1 Å². The summed E-state index contributed by atoms with van der Waals surface area (Å²) in [5, 5.41) is 7.68. The van der Waals surface area contributed by atoms with Crippen LogP contribution in [-0.2, 0) is 9.53 Å². The molecule has 2 heterocycles. The molecule has 1 amide bonds. The number of carbonyl (C=O) groups excluding carboxylic acids is 1. The van der Waals surface area contributed by atoms with Crippen LogP contribution in [0.2, 0.25) is 0 Å². The molecule has 20 heavy (non-hydrogen) atoms. The fraction of sp³-hybridized carbons (Fsp3) is 0.667. The van der Waals surface area contributed by atoms with Crippen molar-refractivity contribution in [1.29, 1.82) is 0 Å².